The molecule has 0 radical (unpaired) electrons. The average molecular weight is 273 g/mol. The van der Waals surface area contributed by atoms with Gasteiger partial charge in [-0.25, -0.2) is 0 Å². The second-order valence-electron chi connectivity index (χ2n) is 5.34. The molecule has 0 aliphatic heterocycles. The van der Waals surface area contributed by atoms with Crippen molar-refractivity contribution in [1.82, 2.24) is 0 Å². The zero-order chi connectivity index (χ0) is 14.4. The molecule has 0 unspecified atom stereocenters. The first kappa shape index (κ1) is 14.6. The van der Waals surface area contributed by atoms with Crippen molar-refractivity contribution in [1.29, 1.82) is 0 Å². The molecule has 0 aromatic heterocycles. The first-order valence-electron chi connectivity index (χ1n) is 7.43. The number of carbonyl (C=O) groups is 1. The average Bonchev–Trinajstić information content (AvgIpc) is 2.48. The largest absolute Gasteiger partial charge is 0.494 e. The maximum Gasteiger partial charge on any atom is 0.163 e. The summed E-state index contributed by atoms with van der Waals surface area (Å²) in [6.45, 7) is 4.84. The number of allylic oxidation sites excluding steroid dienone is 1. The number of ether oxygens (including phenoxy) is 1. The Kier molecular flexibility index (Phi) is 5.22. The topological polar surface area (TPSA) is 38.3 Å². The minimum atomic E-state index is 0.168. The minimum Gasteiger partial charge on any atom is -0.494 e. The van der Waals surface area contributed by atoms with Crippen molar-refractivity contribution >= 4 is 11.5 Å². The Balaban J connectivity index is 1.94. The van der Waals surface area contributed by atoms with Crippen molar-refractivity contribution in [3.63, 3.8) is 0 Å². The summed E-state index contributed by atoms with van der Waals surface area (Å²) >= 11 is 0. The molecule has 1 saturated carbocycles. The summed E-state index contributed by atoms with van der Waals surface area (Å²) in [5.41, 5.74) is 1.89. The van der Waals surface area contributed by atoms with E-state index >= 15 is 0 Å². The van der Waals surface area contributed by atoms with Crippen LogP contribution in [0.2, 0.25) is 0 Å². The number of ketones is 1. The quantitative estimate of drug-likeness (QED) is 0.819. The van der Waals surface area contributed by atoms with Gasteiger partial charge in [0.2, 0.25) is 0 Å². The van der Waals surface area contributed by atoms with Gasteiger partial charge < -0.3 is 10.1 Å². The molecule has 108 valence electrons. The molecule has 0 amide bonds. The summed E-state index contributed by atoms with van der Waals surface area (Å²) < 4.78 is 5.54. The highest BCUT2D eigenvalue weighted by Crippen LogP contribution is 2.25. The fourth-order valence-corrected chi connectivity index (χ4v) is 2.35. The maximum atomic E-state index is 12.0. The molecule has 1 aromatic rings. The van der Waals surface area contributed by atoms with E-state index in [-0.39, 0.29) is 11.7 Å². The SMILES string of the molecule is CCCOc1ccc(N/C=C2/CCC[C@@H](C)C2=O)cc1. The number of hydrogen-bond acceptors (Lipinski definition) is 3. The van der Waals surface area contributed by atoms with Gasteiger partial charge in [0.15, 0.2) is 5.78 Å². The fourth-order valence-electron chi connectivity index (χ4n) is 2.35. The molecule has 0 saturated heterocycles. The van der Waals surface area contributed by atoms with Crippen LogP contribution in [0.25, 0.3) is 0 Å². The minimum absolute atomic E-state index is 0.168. The third kappa shape index (κ3) is 3.86. The normalized spacial score (nSPS) is 21.0. The number of nitrogens with one attached hydrogen (secondary N) is 1. The molecule has 0 spiro atoms. The first-order chi connectivity index (χ1) is 9.70. The van der Waals surface area contributed by atoms with Gasteiger partial charge in [-0.3, -0.25) is 4.79 Å². The molecule has 2 rings (SSSR count). The Bertz CT molecular complexity index is 476. The number of anilines is 1. The van der Waals surface area contributed by atoms with Gasteiger partial charge in [0.05, 0.1) is 6.61 Å². The van der Waals surface area contributed by atoms with Gasteiger partial charge in [-0.1, -0.05) is 13.8 Å². The Hall–Kier alpha value is -1.77. The van der Waals surface area contributed by atoms with E-state index in [1.54, 1.807) is 0 Å². The highest BCUT2D eigenvalue weighted by molar-refractivity contribution is 5.97. The van der Waals surface area contributed by atoms with Gasteiger partial charge in [0.25, 0.3) is 0 Å². The molecule has 1 fully saturated rings. The van der Waals surface area contributed by atoms with Gasteiger partial charge in [0.1, 0.15) is 5.75 Å². The van der Waals surface area contributed by atoms with Crippen LogP contribution in [-0.4, -0.2) is 12.4 Å². The molecule has 0 bridgehead atoms. The van der Waals surface area contributed by atoms with Crippen LogP contribution in [0.15, 0.2) is 36.0 Å². The van der Waals surface area contributed by atoms with Crippen molar-refractivity contribution in [2.45, 2.75) is 39.5 Å². The van der Waals surface area contributed by atoms with Crippen LogP contribution in [0.3, 0.4) is 0 Å². The third-order valence-corrected chi connectivity index (χ3v) is 3.59. The Morgan fingerprint density at radius 1 is 1.35 bits per heavy atom. The Morgan fingerprint density at radius 3 is 2.80 bits per heavy atom. The van der Waals surface area contributed by atoms with Crippen LogP contribution in [-0.2, 0) is 4.79 Å². The van der Waals surface area contributed by atoms with Crippen LogP contribution in [0.4, 0.5) is 5.69 Å². The second kappa shape index (κ2) is 7.13. The summed E-state index contributed by atoms with van der Waals surface area (Å²) in [7, 11) is 0. The summed E-state index contributed by atoms with van der Waals surface area (Å²) in [6.07, 6.45) is 5.87. The monoisotopic (exact) mass is 273 g/mol. The van der Waals surface area contributed by atoms with Crippen LogP contribution in [0.1, 0.15) is 39.5 Å². The molecule has 1 N–H and O–H groups in total. The number of Topliss-reactive ketones (excluding diaryl/α,β-unsaturated/α-hetero) is 1. The van der Waals surface area contributed by atoms with Crippen molar-refractivity contribution in [3.05, 3.63) is 36.0 Å². The molecule has 1 aliphatic rings. The highest BCUT2D eigenvalue weighted by atomic mass is 16.5. The number of hydrogen-bond donors (Lipinski definition) is 1. The standard InChI is InChI=1S/C17H23NO2/c1-3-11-20-16-9-7-15(8-10-16)18-12-14-6-4-5-13(2)17(14)19/h7-10,12-13,18H,3-6,11H2,1-2H3/b14-12-/t13-/m1/s1. The van der Waals surface area contributed by atoms with Crippen molar-refractivity contribution < 1.29 is 9.53 Å². The van der Waals surface area contributed by atoms with Gasteiger partial charge in [-0.15, -0.1) is 0 Å². The molecule has 1 aromatic carbocycles. The van der Waals surface area contributed by atoms with Gasteiger partial charge in [-0.05, 0) is 49.9 Å². The Labute approximate surface area is 121 Å². The van der Waals surface area contributed by atoms with Crippen molar-refractivity contribution in [3.8, 4) is 5.75 Å². The van der Waals surface area contributed by atoms with Crippen molar-refractivity contribution in [2.24, 2.45) is 5.92 Å². The van der Waals surface area contributed by atoms with Gasteiger partial charge >= 0.3 is 0 Å². The lowest BCUT2D eigenvalue weighted by Gasteiger charge is -2.19. The molecule has 3 heteroatoms. The molecule has 0 heterocycles. The van der Waals surface area contributed by atoms with Crippen molar-refractivity contribution in [2.75, 3.05) is 11.9 Å². The van der Waals surface area contributed by atoms with E-state index in [1.165, 1.54) is 0 Å². The predicted molar refractivity (Wildman–Crippen MR) is 82.0 cm³/mol. The van der Waals surface area contributed by atoms with Crippen LogP contribution in [0.5, 0.6) is 5.75 Å². The summed E-state index contributed by atoms with van der Waals surface area (Å²) in [6, 6.07) is 7.83. The number of rotatable bonds is 5. The van der Waals surface area contributed by atoms with E-state index in [1.807, 2.05) is 37.4 Å². The smallest absolute Gasteiger partial charge is 0.163 e. The highest BCUT2D eigenvalue weighted by Gasteiger charge is 2.22. The van der Waals surface area contributed by atoms with Gasteiger partial charge in [0, 0.05) is 23.4 Å². The number of benzene rings is 1. The second-order valence-corrected chi connectivity index (χ2v) is 5.34. The molecular weight excluding hydrogens is 250 g/mol. The predicted octanol–water partition coefficient (Wildman–Crippen LogP) is 4.16. The molecule has 1 aliphatic carbocycles. The first-order valence-corrected chi connectivity index (χ1v) is 7.43. The van der Waals surface area contributed by atoms with E-state index in [0.717, 1.165) is 49.3 Å². The van der Waals surface area contributed by atoms with Crippen LogP contribution < -0.4 is 10.1 Å². The molecule has 1 atom stereocenters. The van der Waals surface area contributed by atoms with Gasteiger partial charge in [-0.2, -0.15) is 0 Å². The van der Waals surface area contributed by atoms with E-state index < -0.39 is 0 Å². The van der Waals surface area contributed by atoms with E-state index in [2.05, 4.69) is 12.2 Å². The Morgan fingerprint density at radius 2 is 2.10 bits per heavy atom. The number of carbonyl (C=O) groups excluding carboxylic acids is 1. The summed E-state index contributed by atoms with van der Waals surface area (Å²) in [5, 5.41) is 3.21. The van der Waals surface area contributed by atoms with Crippen LogP contribution >= 0.6 is 0 Å². The molecular formula is C17H23NO2. The van der Waals surface area contributed by atoms with Crippen LogP contribution in [0, 0.1) is 5.92 Å². The maximum absolute atomic E-state index is 12.0. The summed E-state index contributed by atoms with van der Waals surface area (Å²) in [5.74, 6) is 1.33. The lowest BCUT2D eigenvalue weighted by atomic mass is 9.86. The lowest BCUT2D eigenvalue weighted by Crippen LogP contribution is -2.19. The molecule has 20 heavy (non-hydrogen) atoms. The zero-order valence-electron chi connectivity index (χ0n) is 12.3. The third-order valence-electron chi connectivity index (χ3n) is 3.59. The summed E-state index contributed by atoms with van der Waals surface area (Å²) in [4.78, 5) is 12.0. The van der Waals surface area contributed by atoms with E-state index in [0.29, 0.717) is 0 Å². The van der Waals surface area contributed by atoms with E-state index in [9.17, 15) is 4.79 Å². The van der Waals surface area contributed by atoms with E-state index in [4.69, 9.17) is 4.74 Å². The zero-order valence-corrected chi connectivity index (χ0v) is 12.3. The molecule has 3 nitrogen and oxygen atoms in total. The lowest BCUT2D eigenvalue weighted by molar-refractivity contribution is -0.119. The fraction of sp³-hybridized carbons (Fsp3) is 0.471.